The van der Waals surface area contributed by atoms with E-state index in [0.29, 0.717) is 0 Å². The smallest absolute Gasteiger partial charge is 0.355 e. The Labute approximate surface area is 83.8 Å². The van der Waals surface area contributed by atoms with Crippen LogP contribution < -0.4 is 39.4 Å². The summed E-state index contributed by atoms with van der Waals surface area (Å²) in [7, 11) is 0. The van der Waals surface area contributed by atoms with Crippen molar-refractivity contribution in [3.63, 3.8) is 0 Å². The second kappa shape index (κ2) is 4.43. The predicted molar refractivity (Wildman–Crippen MR) is 49.0 cm³/mol. The third kappa shape index (κ3) is 1.89. The summed E-state index contributed by atoms with van der Waals surface area (Å²) < 4.78 is 0. The number of carboxylic acid groups (broad SMARTS) is 1. The number of hydrazone groups is 1. The van der Waals surface area contributed by atoms with E-state index in [0.717, 1.165) is 5.12 Å². The molecule has 0 atom stereocenters. The van der Waals surface area contributed by atoms with Gasteiger partial charge in [0.05, 0.1) is 0 Å². The molecule has 0 spiro atoms. The number of nitrogens with zero attached hydrogens (tertiary/aromatic N) is 2. The molecule has 11 nitrogen and oxygen atoms in total. The average molecular weight is 217 g/mol. The molecule has 0 aromatic carbocycles. The molecule has 1 aliphatic heterocycles. The summed E-state index contributed by atoms with van der Waals surface area (Å²) in [5.74, 6) is 14.0. The highest BCUT2D eigenvalue weighted by atomic mass is 16.4. The van der Waals surface area contributed by atoms with Crippen molar-refractivity contribution >= 4 is 11.8 Å². The van der Waals surface area contributed by atoms with Gasteiger partial charge in [0.2, 0.25) is 5.84 Å². The van der Waals surface area contributed by atoms with Crippen LogP contribution in [0.3, 0.4) is 0 Å². The number of carbonyl (C=O) groups is 1. The van der Waals surface area contributed by atoms with E-state index < -0.39 is 5.97 Å². The van der Waals surface area contributed by atoms with E-state index in [1.165, 1.54) is 0 Å². The number of rotatable bonds is 3. The molecule has 0 fully saturated rings. The van der Waals surface area contributed by atoms with Crippen molar-refractivity contribution in [1.82, 2.24) is 27.0 Å². The van der Waals surface area contributed by atoms with Crippen LogP contribution in [0, 0.1) is 0 Å². The number of nitrogens with two attached hydrogens (primary N) is 3. The molecule has 0 bridgehead atoms. The van der Waals surface area contributed by atoms with Gasteiger partial charge in [-0.1, -0.05) is 0 Å². The van der Waals surface area contributed by atoms with Gasteiger partial charge in [0.25, 0.3) is 0 Å². The van der Waals surface area contributed by atoms with Crippen LogP contribution >= 0.6 is 0 Å². The van der Waals surface area contributed by atoms with Crippen LogP contribution in [-0.2, 0) is 4.79 Å². The average Bonchev–Trinajstić information content (AvgIpc) is 2.26. The van der Waals surface area contributed by atoms with E-state index >= 15 is 0 Å². The maximum Gasteiger partial charge on any atom is 0.355 e. The summed E-state index contributed by atoms with van der Waals surface area (Å²) >= 11 is 0. The van der Waals surface area contributed by atoms with E-state index in [1.807, 2.05) is 0 Å². The van der Waals surface area contributed by atoms with Crippen LogP contribution in [-0.4, -0.2) is 22.0 Å². The normalized spacial score (nSPS) is 19.1. The van der Waals surface area contributed by atoms with E-state index in [4.69, 9.17) is 22.6 Å². The lowest BCUT2D eigenvalue weighted by atomic mass is 10.3. The van der Waals surface area contributed by atoms with Crippen molar-refractivity contribution in [3.05, 3.63) is 11.4 Å². The van der Waals surface area contributed by atoms with Crippen molar-refractivity contribution in [2.75, 3.05) is 0 Å². The third-order valence-electron chi connectivity index (χ3n) is 1.59. The molecule has 0 aromatic rings. The Hall–Kier alpha value is -2.08. The Kier molecular flexibility index (Phi) is 3.25. The largest absolute Gasteiger partial charge is 0.476 e. The van der Waals surface area contributed by atoms with Crippen LogP contribution in [0.2, 0.25) is 0 Å². The first-order valence-electron chi connectivity index (χ1n) is 3.66. The second-order valence-corrected chi connectivity index (χ2v) is 2.35. The number of nitrogens with one attached hydrogen (secondary N) is 4. The monoisotopic (exact) mass is 217 g/mol. The lowest BCUT2D eigenvalue weighted by molar-refractivity contribution is -0.133. The maximum absolute atomic E-state index is 10.8. The molecule has 0 saturated carbocycles. The first-order valence-corrected chi connectivity index (χ1v) is 3.66. The van der Waals surface area contributed by atoms with Gasteiger partial charge in [-0.05, 0) is 0 Å². The number of aliphatic carboxylic acids is 1. The van der Waals surface area contributed by atoms with Crippen LogP contribution in [0.4, 0.5) is 0 Å². The summed E-state index contributed by atoms with van der Waals surface area (Å²) in [5.41, 5.74) is 8.72. The molecular formula is C4H11N9O2. The van der Waals surface area contributed by atoms with Crippen molar-refractivity contribution in [3.8, 4) is 0 Å². The number of amidine groups is 1. The molecule has 11 N–H and O–H groups in total. The second-order valence-electron chi connectivity index (χ2n) is 2.35. The molecule has 1 rings (SSSR count). The van der Waals surface area contributed by atoms with E-state index in [1.54, 1.807) is 0 Å². The summed E-state index contributed by atoms with van der Waals surface area (Å²) in [6, 6.07) is 0. The molecule has 84 valence electrons. The first kappa shape index (κ1) is 11.0. The summed E-state index contributed by atoms with van der Waals surface area (Å²) in [4.78, 5) is 10.8. The molecule has 0 saturated heterocycles. The Balaban J connectivity index is 3.15. The SMILES string of the molecule is NN=C1C(NN)=C(C(=O)O)NNN1NN. The standard InChI is InChI=1S/C4H11N9O2/c5-8-1-2(4(14)15)10-12-13(11-7)3(1)9-6/h8,10-12H,5-7H2,(H,14,15). The highest BCUT2D eigenvalue weighted by molar-refractivity contribution is 6.04. The fraction of sp³-hybridized carbons (Fsp3) is 0. The van der Waals surface area contributed by atoms with E-state index in [2.05, 4.69) is 27.0 Å². The molecule has 0 unspecified atom stereocenters. The van der Waals surface area contributed by atoms with Gasteiger partial charge in [0, 0.05) is 0 Å². The quantitative estimate of drug-likeness (QED) is 0.170. The number of hydrazine groups is 5. The van der Waals surface area contributed by atoms with Crippen molar-refractivity contribution in [1.29, 1.82) is 0 Å². The fourth-order valence-corrected chi connectivity index (χ4v) is 0.964. The zero-order valence-electron chi connectivity index (χ0n) is 7.48. The van der Waals surface area contributed by atoms with Crippen molar-refractivity contribution in [2.45, 2.75) is 0 Å². The molecular weight excluding hydrogens is 206 g/mol. The van der Waals surface area contributed by atoms with Gasteiger partial charge in [-0.15, -0.1) is 5.53 Å². The van der Waals surface area contributed by atoms with Crippen LogP contribution in [0.25, 0.3) is 0 Å². The Morgan fingerprint density at radius 2 is 2.20 bits per heavy atom. The highest BCUT2D eigenvalue weighted by Crippen LogP contribution is 2.05. The number of hydrogen-bond acceptors (Lipinski definition) is 9. The first-order chi connectivity index (χ1) is 7.15. The summed E-state index contributed by atoms with van der Waals surface area (Å²) in [6.07, 6.45) is 0. The Bertz CT molecular complexity index is 322. The van der Waals surface area contributed by atoms with Gasteiger partial charge in [0.1, 0.15) is 5.70 Å². The zero-order chi connectivity index (χ0) is 11.4. The molecule has 1 heterocycles. The summed E-state index contributed by atoms with van der Waals surface area (Å²) in [5, 5.41) is 13.1. The molecule has 1 aliphatic rings. The van der Waals surface area contributed by atoms with Gasteiger partial charge < -0.3 is 16.4 Å². The molecule has 0 radical (unpaired) electrons. The van der Waals surface area contributed by atoms with Gasteiger partial charge in [-0.25, -0.2) is 4.79 Å². The van der Waals surface area contributed by atoms with Gasteiger partial charge in [-0.3, -0.25) is 17.1 Å². The predicted octanol–water partition coefficient (Wildman–Crippen LogP) is -4.28. The lowest BCUT2D eigenvalue weighted by Gasteiger charge is -2.31. The highest BCUT2D eigenvalue weighted by Gasteiger charge is 2.28. The molecule has 15 heavy (non-hydrogen) atoms. The number of carboxylic acids is 1. The summed E-state index contributed by atoms with van der Waals surface area (Å²) in [6.45, 7) is 0. The minimum absolute atomic E-state index is 0.0175. The minimum Gasteiger partial charge on any atom is -0.476 e. The Morgan fingerprint density at radius 1 is 1.53 bits per heavy atom. The molecule has 0 aromatic heterocycles. The zero-order valence-corrected chi connectivity index (χ0v) is 7.48. The topological polar surface area (TPSA) is 179 Å². The van der Waals surface area contributed by atoms with E-state index in [9.17, 15) is 4.79 Å². The third-order valence-corrected chi connectivity index (χ3v) is 1.59. The maximum atomic E-state index is 10.8. The van der Waals surface area contributed by atoms with Crippen LogP contribution in [0.5, 0.6) is 0 Å². The fourth-order valence-electron chi connectivity index (χ4n) is 0.964. The van der Waals surface area contributed by atoms with Gasteiger partial charge in [0.15, 0.2) is 5.70 Å². The number of hydrogen-bond donors (Lipinski definition) is 8. The molecule has 11 heteroatoms. The van der Waals surface area contributed by atoms with E-state index in [-0.39, 0.29) is 17.2 Å². The Morgan fingerprint density at radius 3 is 2.60 bits per heavy atom. The van der Waals surface area contributed by atoms with Crippen LogP contribution in [0.15, 0.2) is 16.5 Å². The lowest BCUT2D eigenvalue weighted by Crippen LogP contribution is -2.65. The van der Waals surface area contributed by atoms with Gasteiger partial charge >= 0.3 is 5.97 Å². The van der Waals surface area contributed by atoms with Crippen molar-refractivity contribution in [2.24, 2.45) is 22.6 Å². The molecule has 0 amide bonds. The minimum atomic E-state index is -1.24. The van der Waals surface area contributed by atoms with Crippen molar-refractivity contribution < 1.29 is 9.90 Å². The van der Waals surface area contributed by atoms with Crippen LogP contribution in [0.1, 0.15) is 0 Å². The molecule has 0 aliphatic carbocycles. The van der Waals surface area contributed by atoms with Gasteiger partial charge in [-0.2, -0.15) is 15.8 Å².